The van der Waals surface area contributed by atoms with E-state index in [1.54, 1.807) is 7.11 Å². The zero-order chi connectivity index (χ0) is 10.6. The third-order valence-electron chi connectivity index (χ3n) is 2.58. The first-order chi connectivity index (χ1) is 6.74. The van der Waals surface area contributed by atoms with Gasteiger partial charge in [0.1, 0.15) is 5.75 Å². The molecule has 0 spiro atoms. The lowest BCUT2D eigenvalue weighted by molar-refractivity contribution is 0.408. The van der Waals surface area contributed by atoms with Crippen LogP contribution in [0.4, 0.5) is 0 Å². The summed E-state index contributed by atoms with van der Waals surface area (Å²) in [5.74, 6) is 0.953. The van der Waals surface area contributed by atoms with Crippen molar-refractivity contribution in [1.29, 1.82) is 0 Å². The Hall–Kier alpha value is -1.02. The molecule has 14 heavy (non-hydrogen) atoms. The van der Waals surface area contributed by atoms with Gasteiger partial charge in [-0.3, -0.25) is 0 Å². The second-order valence-corrected chi connectivity index (χ2v) is 3.40. The molecule has 0 radical (unpaired) electrons. The average molecular weight is 193 g/mol. The van der Waals surface area contributed by atoms with Crippen molar-refractivity contribution < 1.29 is 4.74 Å². The first-order valence-corrected chi connectivity index (χ1v) is 5.15. The van der Waals surface area contributed by atoms with E-state index in [1.165, 1.54) is 11.1 Å². The molecule has 0 fully saturated rings. The molecule has 0 saturated carbocycles. The van der Waals surface area contributed by atoms with Gasteiger partial charge in [-0.05, 0) is 30.0 Å². The summed E-state index contributed by atoms with van der Waals surface area (Å²) < 4.78 is 5.32. The largest absolute Gasteiger partial charge is 0.496 e. The normalized spacial score (nSPS) is 12.6. The maximum Gasteiger partial charge on any atom is 0.122 e. The first-order valence-electron chi connectivity index (χ1n) is 5.15. The molecule has 1 aromatic rings. The van der Waals surface area contributed by atoms with Crippen molar-refractivity contribution in [2.75, 3.05) is 7.11 Å². The van der Waals surface area contributed by atoms with Gasteiger partial charge in [-0.25, -0.2) is 0 Å². The molecule has 0 aliphatic heterocycles. The highest BCUT2D eigenvalue weighted by Gasteiger charge is 2.11. The van der Waals surface area contributed by atoms with Gasteiger partial charge in [-0.15, -0.1) is 0 Å². The van der Waals surface area contributed by atoms with Gasteiger partial charge < -0.3 is 10.5 Å². The molecular formula is C12H19NO. The standard InChI is InChI=1S/C12H19NO/c1-4-9-10(11(13)5-2)7-6-8-12(9)14-3/h6-8,11H,4-5,13H2,1-3H3. The highest BCUT2D eigenvalue weighted by Crippen LogP contribution is 2.27. The van der Waals surface area contributed by atoms with Crippen LogP contribution in [0.2, 0.25) is 0 Å². The SMILES string of the molecule is CCc1c(OC)cccc1C(N)CC. The fourth-order valence-electron chi connectivity index (χ4n) is 1.72. The van der Waals surface area contributed by atoms with Crippen molar-refractivity contribution in [2.24, 2.45) is 5.73 Å². The molecule has 78 valence electrons. The fourth-order valence-corrected chi connectivity index (χ4v) is 1.72. The number of ether oxygens (including phenoxy) is 1. The third kappa shape index (κ3) is 2.07. The summed E-state index contributed by atoms with van der Waals surface area (Å²) in [4.78, 5) is 0. The Morgan fingerprint density at radius 1 is 1.36 bits per heavy atom. The zero-order valence-electron chi connectivity index (χ0n) is 9.21. The predicted octanol–water partition coefficient (Wildman–Crippen LogP) is 2.67. The van der Waals surface area contributed by atoms with Crippen LogP contribution in [0, 0.1) is 0 Å². The van der Waals surface area contributed by atoms with E-state index in [2.05, 4.69) is 19.9 Å². The quantitative estimate of drug-likeness (QED) is 0.798. The van der Waals surface area contributed by atoms with Crippen LogP contribution in [0.15, 0.2) is 18.2 Å². The van der Waals surface area contributed by atoms with Crippen molar-refractivity contribution >= 4 is 0 Å². The highest BCUT2D eigenvalue weighted by molar-refractivity contribution is 5.41. The Morgan fingerprint density at radius 2 is 2.07 bits per heavy atom. The zero-order valence-corrected chi connectivity index (χ0v) is 9.21. The lowest BCUT2D eigenvalue weighted by Crippen LogP contribution is -2.11. The topological polar surface area (TPSA) is 35.2 Å². The Morgan fingerprint density at radius 3 is 2.57 bits per heavy atom. The maximum absolute atomic E-state index is 6.04. The summed E-state index contributed by atoms with van der Waals surface area (Å²) in [5, 5.41) is 0. The van der Waals surface area contributed by atoms with Crippen molar-refractivity contribution in [2.45, 2.75) is 32.7 Å². The van der Waals surface area contributed by atoms with Crippen molar-refractivity contribution in [3.63, 3.8) is 0 Å². The monoisotopic (exact) mass is 193 g/mol. The molecule has 0 bridgehead atoms. The Bertz CT molecular complexity index is 296. The minimum Gasteiger partial charge on any atom is -0.496 e. The summed E-state index contributed by atoms with van der Waals surface area (Å²) in [7, 11) is 1.70. The molecule has 2 nitrogen and oxygen atoms in total. The number of nitrogens with two attached hydrogens (primary N) is 1. The molecule has 0 heterocycles. The molecule has 1 aromatic carbocycles. The van der Waals surface area contributed by atoms with Gasteiger partial charge in [0.25, 0.3) is 0 Å². The van der Waals surface area contributed by atoms with Gasteiger partial charge in [-0.2, -0.15) is 0 Å². The van der Waals surface area contributed by atoms with Crippen LogP contribution in [-0.4, -0.2) is 7.11 Å². The molecule has 0 aliphatic rings. The van der Waals surface area contributed by atoms with E-state index in [-0.39, 0.29) is 6.04 Å². The van der Waals surface area contributed by atoms with Crippen LogP contribution in [-0.2, 0) is 6.42 Å². The van der Waals surface area contributed by atoms with Gasteiger partial charge in [-0.1, -0.05) is 26.0 Å². The molecule has 0 aliphatic carbocycles. The van der Waals surface area contributed by atoms with Crippen LogP contribution in [0.25, 0.3) is 0 Å². The van der Waals surface area contributed by atoms with E-state index in [0.29, 0.717) is 0 Å². The Balaban J connectivity index is 3.14. The molecule has 2 N–H and O–H groups in total. The Kier molecular flexibility index (Phi) is 3.96. The van der Waals surface area contributed by atoms with E-state index in [9.17, 15) is 0 Å². The summed E-state index contributed by atoms with van der Waals surface area (Å²) in [6.07, 6.45) is 1.92. The van der Waals surface area contributed by atoms with Crippen molar-refractivity contribution in [1.82, 2.24) is 0 Å². The second kappa shape index (κ2) is 5.01. The number of methoxy groups -OCH3 is 1. The summed E-state index contributed by atoms with van der Waals surface area (Å²) in [6.45, 7) is 4.23. The van der Waals surface area contributed by atoms with Gasteiger partial charge in [0.05, 0.1) is 7.11 Å². The molecule has 1 unspecified atom stereocenters. The van der Waals surface area contributed by atoms with Crippen LogP contribution in [0.5, 0.6) is 5.75 Å². The summed E-state index contributed by atoms with van der Waals surface area (Å²) >= 11 is 0. The predicted molar refractivity (Wildman–Crippen MR) is 59.6 cm³/mol. The van der Waals surface area contributed by atoms with Crippen LogP contribution < -0.4 is 10.5 Å². The van der Waals surface area contributed by atoms with Crippen LogP contribution >= 0.6 is 0 Å². The summed E-state index contributed by atoms with van der Waals surface area (Å²) in [6, 6.07) is 6.21. The minimum atomic E-state index is 0.125. The number of hydrogen-bond acceptors (Lipinski definition) is 2. The molecule has 0 aromatic heterocycles. The minimum absolute atomic E-state index is 0.125. The van der Waals surface area contributed by atoms with Crippen molar-refractivity contribution in [3.05, 3.63) is 29.3 Å². The second-order valence-electron chi connectivity index (χ2n) is 3.40. The first kappa shape index (κ1) is 11.1. The molecule has 2 heteroatoms. The number of rotatable bonds is 4. The van der Waals surface area contributed by atoms with E-state index in [4.69, 9.17) is 10.5 Å². The number of benzene rings is 1. The van der Waals surface area contributed by atoms with Gasteiger partial charge in [0.2, 0.25) is 0 Å². The van der Waals surface area contributed by atoms with Gasteiger partial charge >= 0.3 is 0 Å². The maximum atomic E-state index is 6.04. The lowest BCUT2D eigenvalue weighted by atomic mass is 9.97. The van der Waals surface area contributed by atoms with E-state index in [1.807, 2.05) is 12.1 Å². The van der Waals surface area contributed by atoms with E-state index >= 15 is 0 Å². The van der Waals surface area contributed by atoms with E-state index < -0.39 is 0 Å². The molecule has 1 rings (SSSR count). The van der Waals surface area contributed by atoms with Gasteiger partial charge in [0, 0.05) is 6.04 Å². The molecule has 0 saturated heterocycles. The van der Waals surface area contributed by atoms with Gasteiger partial charge in [0.15, 0.2) is 0 Å². The summed E-state index contributed by atoms with van der Waals surface area (Å²) in [5.41, 5.74) is 8.50. The fraction of sp³-hybridized carbons (Fsp3) is 0.500. The van der Waals surface area contributed by atoms with Crippen LogP contribution in [0.1, 0.15) is 37.4 Å². The lowest BCUT2D eigenvalue weighted by Gasteiger charge is -2.16. The highest BCUT2D eigenvalue weighted by atomic mass is 16.5. The average Bonchev–Trinajstić information content (AvgIpc) is 2.26. The van der Waals surface area contributed by atoms with E-state index in [0.717, 1.165) is 18.6 Å². The molecule has 1 atom stereocenters. The Labute approximate surface area is 86.1 Å². The molecule has 0 amide bonds. The smallest absolute Gasteiger partial charge is 0.122 e. The number of hydrogen-bond donors (Lipinski definition) is 1. The third-order valence-corrected chi connectivity index (χ3v) is 2.58. The van der Waals surface area contributed by atoms with Crippen molar-refractivity contribution in [3.8, 4) is 5.75 Å². The van der Waals surface area contributed by atoms with Crippen LogP contribution in [0.3, 0.4) is 0 Å². The molecular weight excluding hydrogens is 174 g/mol.